The molecule has 3 heteroatoms. The Hall–Kier alpha value is -1.37. The Morgan fingerprint density at radius 3 is 2.84 bits per heavy atom. The van der Waals surface area contributed by atoms with Gasteiger partial charge >= 0.3 is 0 Å². The van der Waals surface area contributed by atoms with Gasteiger partial charge in [-0.15, -0.1) is 0 Å². The smallest absolute Gasteiger partial charge is 0.113 e. The summed E-state index contributed by atoms with van der Waals surface area (Å²) in [6, 6.07) is 13.0. The molecule has 0 bridgehead atoms. The van der Waals surface area contributed by atoms with Crippen LogP contribution >= 0.6 is 0 Å². The van der Waals surface area contributed by atoms with Gasteiger partial charge in [0.05, 0.1) is 12.7 Å². The molecule has 1 saturated carbocycles. The topological polar surface area (TPSA) is 45.0 Å². The minimum atomic E-state index is -0.432. The molecule has 1 aliphatic rings. The highest BCUT2D eigenvalue weighted by Gasteiger charge is 2.41. The fraction of sp³-hybridized carbons (Fsp3) is 0.562. The molecule has 0 radical (unpaired) electrons. The van der Waals surface area contributed by atoms with Gasteiger partial charge in [0.1, 0.15) is 5.54 Å². The second-order valence-electron chi connectivity index (χ2n) is 5.21. The SMILES string of the molecule is COCCNC1(C#N)CCCCC1c1ccccc1. The van der Waals surface area contributed by atoms with Gasteiger partial charge in [0.2, 0.25) is 0 Å². The van der Waals surface area contributed by atoms with Crippen LogP contribution in [-0.2, 0) is 4.74 Å². The highest BCUT2D eigenvalue weighted by Crippen LogP contribution is 2.40. The van der Waals surface area contributed by atoms with Crippen LogP contribution in [0, 0.1) is 11.3 Å². The molecule has 2 unspecified atom stereocenters. The maximum atomic E-state index is 9.72. The minimum Gasteiger partial charge on any atom is -0.383 e. The molecule has 3 nitrogen and oxygen atoms in total. The summed E-state index contributed by atoms with van der Waals surface area (Å²) in [5.41, 5.74) is 0.840. The Kier molecular flexibility index (Phi) is 4.95. The van der Waals surface area contributed by atoms with Gasteiger partial charge in [-0.2, -0.15) is 5.26 Å². The number of benzene rings is 1. The molecule has 0 amide bonds. The first-order chi connectivity index (χ1) is 9.32. The molecule has 1 N–H and O–H groups in total. The lowest BCUT2D eigenvalue weighted by atomic mass is 9.70. The average Bonchev–Trinajstić information content (AvgIpc) is 2.49. The van der Waals surface area contributed by atoms with Crippen LogP contribution in [0.4, 0.5) is 0 Å². The highest BCUT2D eigenvalue weighted by molar-refractivity contribution is 5.30. The maximum absolute atomic E-state index is 9.72. The molecular formula is C16H22N2O. The first-order valence-corrected chi connectivity index (χ1v) is 7.02. The van der Waals surface area contributed by atoms with Crippen LogP contribution in [0.15, 0.2) is 30.3 Å². The van der Waals surface area contributed by atoms with Gasteiger partial charge in [0, 0.05) is 19.6 Å². The van der Waals surface area contributed by atoms with E-state index in [-0.39, 0.29) is 5.92 Å². The van der Waals surface area contributed by atoms with Crippen molar-refractivity contribution in [2.45, 2.75) is 37.1 Å². The first-order valence-electron chi connectivity index (χ1n) is 7.02. The van der Waals surface area contributed by atoms with E-state index in [1.165, 1.54) is 12.0 Å². The molecule has 1 aromatic carbocycles. The van der Waals surface area contributed by atoms with E-state index in [9.17, 15) is 5.26 Å². The van der Waals surface area contributed by atoms with Crippen LogP contribution < -0.4 is 5.32 Å². The Labute approximate surface area is 115 Å². The lowest BCUT2D eigenvalue weighted by molar-refractivity contribution is 0.176. The Balaban J connectivity index is 2.20. The summed E-state index contributed by atoms with van der Waals surface area (Å²) in [5.74, 6) is 0.282. The number of nitrogens with one attached hydrogen (secondary N) is 1. The number of nitrogens with zero attached hydrogens (tertiary/aromatic N) is 1. The molecular weight excluding hydrogens is 236 g/mol. The molecule has 102 valence electrons. The molecule has 0 aromatic heterocycles. The third-order valence-corrected chi connectivity index (χ3v) is 4.06. The Bertz CT molecular complexity index is 426. The molecule has 0 heterocycles. The molecule has 0 aliphatic heterocycles. The maximum Gasteiger partial charge on any atom is 0.113 e. The van der Waals surface area contributed by atoms with Crippen molar-refractivity contribution >= 4 is 0 Å². The molecule has 0 saturated heterocycles. The van der Waals surface area contributed by atoms with Crippen molar-refractivity contribution in [3.05, 3.63) is 35.9 Å². The van der Waals surface area contributed by atoms with Crippen molar-refractivity contribution in [3.63, 3.8) is 0 Å². The molecule has 19 heavy (non-hydrogen) atoms. The molecule has 1 aromatic rings. The number of hydrogen-bond acceptors (Lipinski definition) is 3. The van der Waals surface area contributed by atoms with E-state index in [0.717, 1.165) is 25.8 Å². The van der Waals surface area contributed by atoms with E-state index in [2.05, 4.69) is 35.7 Å². The molecule has 1 fully saturated rings. The number of nitriles is 1. The van der Waals surface area contributed by atoms with Gasteiger partial charge in [-0.25, -0.2) is 0 Å². The van der Waals surface area contributed by atoms with Crippen molar-refractivity contribution in [2.75, 3.05) is 20.3 Å². The van der Waals surface area contributed by atoms with E-state index in [4.69, 9.17) is 4.74 Å². The number of methoxy groups -OCH3 is 1. The quantitative estimate of drug-likeness (QED) is 0.826. The fourth-order valence-electron chi connectivity index (χ4n) is 3.07. The second-order valence-corrected chi connectivity index (χ2v) is 5.21. The zero-order valence-electron chi connectivity index (χ0n) is 11.6. The predicted octanol–water partition coefficient (Wildman–Crippen LogP) is 2.84. The Morgan fingerprint density at radius 1 is 1.37 bits per heavy atom. The summed E-state index contributed by atoms with van der Waals surface area (Å²) in [6.45, 7) is 1.37. The monoisotopic (exact) mass is 258 g/mol. The van der Waals surface area contributed by atoms with Gasteiger partial charge in [0.25, 0.3) is 0 Å². The van der Waals surface area contributed by atoms with Crippen LogP contribution in [0.5, 0.6) is 0 Å². The number of rotatable bonds is 5. The highest BCUT2D eigenvalue weighted by atomic mass is 16.5. The summed E-state index contributed by atoms with van der Waals surface area (Å²) in [5, 5.41) is 13.2. The third kappa shape index (κ3) is 3.15. The van der Waals surface area contributed by atoms with Crippen LogP contribution in [0.1, 0.15) is 37.2 Å². The summed E-state index contributed by atoms with van der Waals surface area (Å²) in [6.07, 6.45) is 4.33. The van der Waals surface area contributed by atoms with E-state index < -0.39 is 5.54 Å². The van der Waals surface area contributed by atoms with Gasteiger partial charge in [-0.05, 0) is 18.4 Å². The summed E-state index contributed by atoms with van der Waals surface area (Å²) in [4.78, 5) is 0. The molecule has 0 spiro atoms. The van der Waals surface area contributed by atoms with Crippen LogP contribution in [-0.4, -0.2) is 25.8 Å². The standard InChI is InChI=1S/C16H22N2O/c1-19-12-11-18-16(13-17)10-6-5-9-15(16)14-7-3-2-4-8-14/h2-4,7-8,15,18H,5-6,9-12H2,1H3. The van der Waals surface area contributed by atoms with Gasteiger partial charge in [-0.1, -0.05) is 43.2 Å². The summed E-state index contributed by atoms with van der Waals surface area (Å²) >= 11 is 0. The zero-order chi connectivity index (χ0) is 13.6. The lowest BCUT2D eigenvalue weighted by Gasteiger charge is -2.40. The van der Waals surface area contributed by atoms with Gasteiger partial charge in [-0.3, -0.25) is 5.32 Å². The summed E-state index contributed by atoms with van der Waals surface area (Å²) in [7, 11) is 1.69. The van der Waals surface area contributed by atoms with E-state index in [1.807, 2.05) is 6.07 Å². The van der Waals surface area contributed by atoms with Gasteiger partial charge < -0.3 is 4.74 Å². The van der Waals surface area contributed by atoms with E-state index in [0.29, 0.717) is 6.61 Å². The average molecular weight is 258 g/mol. The van der Waals surface area contributed by atoms with Crippen LogP contribution in [0.25, 0.3) is 0 Å². The predicted molar refractivity (Wildman–Crippen MR) is 75.9 cm³/mol. The largest absolute Gasteiger partial charge is 0.383 e. The van der Waals surface area contributed by atoms with Gasteiger partial charge in [0.15, 0.2) is 0 Å². The Morgan fingerprint density at radius 2 is 2.16 bits per heavy atom. The van der Waals surface area contributed by atoms with Crippen LogP contribution in [0.3, 0.4) is 0 Å². The van der Waals surface area contributed by atoms with Crippen molar-refractivity contribution in [1.29, 1.82) is 5.26 Å². The van der Waals surface area contributed by atoms with Crippen molar-refractivity contribution in [2.24, 2.45) is 0 Å². The normalized spacial score (nSPS) is 26.8. The third-order valence-electron chi connectivity index (χ3n) is 4.06. The number of hydrogen-bond donors (Lipinski definition) is 1. The minimum absolute atomic E-state index is 0.282. The molecule has 2 atom stereocenters. The molecule has 1 aliphatic carbocycles. The lowest BCUT2D eigenvalue weighted by Crippen LogP contribution is -2.51. The van der Waals surface area contributed by atoms with Crippen molar-refractivity contribution in [3.8, 4) is 6.07 Å². The van der Waals surface area contributed by atoms with E-state index in [1.54, 1.807) is 7.11 Å². The van der Waals surface area contributed by atoms with Crippen molar-refractivity contribution < 1.29 is 4.74 Å². The fourth-order valence-corrected chi connectivity index (χ4v) is 3.07. The van der Waals surface area contributed by atoms with Crippen molar-refractivity contribution in [1.82, 2.24) is 5.32 Å². The summed E-state index contributed by atoms with van der Waals surface area (Å²) < 4.78 is 5.09. The number of ether oxygens (including phenoxy) is 1. The van der Waals surface area contributed by atoms with E-state index >= 15 is 0 Å². The second kappa shape index (κ2) is 6.70. The van der Waals surface area contributed by atoms with Crippen LogP contribution in [0.2, 0.25) is 0 Å². The first kappa shape index (κ1) is 14.0. The zero-order valence-corrected chi connectivity index (χ0v) is 11.6. The molecule has 2 rings (SSSR count).